The van der Waals surface area contributed by atoms with E-state index in [4.69, 9.17) is 9.47 Å². The van der Waals surface area contributed by atoms with Gasteiger partial charge < -0.3 is 20.1 Å². The number of carbonyl (C=O) groups is 1. The van der Waals surface area contributed by atoms with Crippen LogP contribution in [-0.4, -0.2) is 32.8 Å². The van der Waals surface area contributed by atoms with Gasteiger partial charge in [0.1, 0.15) is 0 Å². The molecule has 5 nitrogen and oxygen atoms in total. The Hall–Kier alpha value is -2.21. The van der Waals surface area contributed by atoms with E-state index in [0.717, 1.165) is 28.6 Å². The number of hydrogen-bond donors (Lipinski definition) is 2. The predicted molar refractivity (Wildman–Crippen MR) is 107 cm³/mol. The van der Waals surface area contributed by atoms with Crippen LogP contribution in [0.5, 0.6) is 11.5 Å². The molecule has 6 heteroatoms. The van der Waals surface area contributed by atoms with Gasteiger partial charge in [0.15, 0.2) is 11.5 Å². The van der Waals surface area contributed by atoms with Crippen molar-refractivity contribution in [3.05, 3.63) is 58.1 Å². The summed E-state index contributed by atoms with van der Waals surface area (Å²) in [5.74, 6) is 1.45. The van der Waals surface area contributed by atoms with E-state index < -0.39 is 0 Å². The molecule has 0 fully saturated rings. The van der Waals surface area contributed by atoms with Crippen molar-refractivity contribution in [2.45, 2.75) is 19.8 Å². The minimum Gasteiger partial charge on any atom is -0.493 e. The molecule has 0 bridgehead atoms. The molecule has 0 radical (unpaired) electrons. The van der Waals surface area contributed by atoms with Crippen molar-refractivity contribution < 1.29 is 14.3 Å². The standard InChI is InChI=1S/C20H25BrN2O3/c1-3-26-18-9-6-16(14-19(18)25-2)11-13-23-20(24)22-12-10-15-4-7-17(21)8-5-15/h4-9,14H,3,10-13H2,1-2H3,(H2,22,23,24). The minimum absolute atomic E-state index is 0.153. The highest BCUT2D eigenvalue weighted by Gasteiger charge is 2.06. The third kappa shape index (κ3) is 6.59. The normalized spacial score (nSPS) is 10.3. The molecular formula is C20H25BrN2O3. The molecule has 0 aromatic heterocycles. The summed E-state index contributed by atoms with van der Waals surface area (Å²) >= 11 is 3.41. The molecule has 0 atom stereocenters. The summed E-state index contributed by atoms with van der Waals surface area (Å²) in [6.45, 7) is 3.69. The Morgan fingerprint density at radius 1 is 0.962 bits per heavy atom. The summed E-state index contributed by atoms with van der Waals surface area (Å²) in [5, 5.41) is 5.75. The van der Waals surface area contributed by atoms with E-state index in [1.54, 1.807) is 7.11 Å². The Bertz CT molecular complexity index is 705. The Balaban J connectivity index is 1.70. The lowest BCUT2D eigenvalue weighted by molar-refractivity contribution is 0.241. The van der Waals surface area contributed by atoms with Crippen molar-refractivity contribution >= 4 is 22.0 Å². The van der Waals surface area contributed by atoms with Crippen LogP contribution < -0.4 is 20.1 Å². The lowest BCUT2D eigenvalue weighted by Crippen LogP contribution is -2.37. The lowest BCUT2D eigenvalue weighted by atomic mass is 10.1. The number of urea groups is 1. The second-order valence-corrected chi connectivity index (χ2v) is 6.64. The maximum atomic E-state index is 11.9. The Morgan fingerprint density at radius 2 is 1.58 bits per heavy atom. The van der Waals surface area contributed by atoms with Gasteiger partial charge in [0, 0.05) is 17.6 Å². The quantitative estimate of drug-likeness (QED) is 0.645. The molecule has 140 valence electrons. The van der Waals surface area contributed by atoms with E-state index in [1.807, 2.05) is 49.4 Å². The number of amides is 2. The molecule has 0 spiro atoms. The van der Waals surface area contributed by atoms with Gasteiger partial charge in [0.25, 0.3) is 0 Å². The topological polar surface area (TPSA) is 59.6 Å². The van der Waals surface area contributed by atoms with Crippen LogP contribution in [0, 0.1) is 0 Å². The van der Waals surface area contributed by atoms with E-state index in [-0.39, 0.29) is 6.03 Å². The second-order valence-electron chi connectivity index (χ2n) is 5.73. The number of ether oxygens (including phenoxy) is 2. The predicted octanol–water partition coefficient (Wildman–Crippen LogP) is 3.94. The summed E-state index contributed by atoms with van der Waals surface area (Å²) in [7, 11) is 1.62. The number of hydrogen-bond acceptors (Lipinski definition) is 3. The zero-order valence-corrected chi connectivity index (χ0v) is 16.8. The molecule has 0 heterocycles. The van der Waals surface area contributed by atoms with E-state index in [0.29, 0.717) is 25.4 Å². The summed E-state index contributed by atoms with van der Waals surface area (Å²) < 4.78 is 11.9. The fraction of sp³-hybridized carbons (Fsp3) is 0.350. The number of halogens is 1. The van der Waals surface area contributed by atoms with Crippen LogP contribution in [0.15, 0.2) is 46.9 Å². The monoisotopic (exact) mass is 420 g/mol. The minimum atomic E-state index is -0.153. The van der Waals surface area contributed by atoms with Gasteiger partial charge in [0.2, 0.25) is 0 Å². The molecule has 0 aliphatic carbocycles. The number of benzene rings is 2. The Kier molecular flexibility index (Phi) is 8.28. The summed E-state index contributed by atoms with van der Waals surface area (Å²) in [6, 6.07) is 13.8. The van der Waals surface area contributed by atoms with Crippen LogP contribution in [0.2, 0.25) is 0 Å². The van der Waals surface area contributed by atoms with Gasteiger partial charge >= 0.3 is 6.03 Å². The maximum Gasteiger partial charge on any atom is 0.314 e. The van der Waals surface area contributed by atoms with Crippen molar-refractivity contribution in [1.82, 2.24) is 10.6 Å². The van der Waals surface area contributed by atoms with Gasteiger partial charge in [-0.1, -0.05) is 34.1 Å². The lowest BCUT2D eigenvalue weighted by Gasteiger charge is -2.11. The van der Waals surface area contributed by atoms with Crippen LogP contribution in [0.1, 0.15) is 18.1 Å². The number of nitrogens with one attached hydrogen (secondary N) is 2. The smallest absolute Gasteiger partial charge is 0.314 e. The van der Waals surface area contributed by atoms with E-state index >= 15 is 0 Å². The first-order chi connectivity index (χ1) is 12.6. The average Bonchev–Trinajstić information content (AvgIpc) is 2.64. The van der Waals surface area contributed by atoms with Crippen molar-refractivity contribution in [3.8, 4) is 11.5 Å². The molecule has 0 aliphatic rings. The first kappa shape index (κ1) is 20.1. The maximum absolute atomic E-state index is 11.9. The van der Waals surface area contributed by atoms with Crippen LogP contribution in [0.25, 0.3) is 0 Å². The van der Waals surface area contributed by atoms with Gasteiger partial charge in [-0.15, -0.1) is 0 Å². The summed E-state index contributed by atoms with van der Waals surface area (Å²) in [5.41, 5.74) is 2.27. The molecule has 2 aromatic carbocycles. The zero-order valence-electron chi connectivity index (χ0n) is 15.2. The number of carbonyl (C=O) groups excluding carboxylic acids is 1. The fourth-order valence-electron chi connectivity index (χ4n) is 2.50. The first-order valence-corrected chi connectivity index (χ1v) is 9.47. The van der Waals surface area contributed by atoms with Crippen molar-refractivity contribution in [1.29, 1.82) is 0 Å². The molecule has 2 rings (SSSR count). The number of methoxy groups -OCH3 is 1. The third-order valence-corrected chi connectivity index (χ3v) is 4.37. The molecular weight excluding hydrogens is 396 g/mol. The average molecular weight is 421 g/mol. The first-order valence-electron chi connectivity index (χ1n) is 8.68. The fourth-order valence-corrected chi connectivity index (χ4v) is 2.76. The van der Waals surface area contributed by atoms with Crippen molar-refractivity contribution in [2.24, 2.45) is 0 Å². The van der Waals surface area contributed by atoms with Gasteiger partial charge in [-0.2, -0.15) is 0 Å². The molecule has 2 aromatic rings. The highest BCUT2D eigenvalue weighted by atomic mass is 79.9. The van der Waals surface area contributed by atoms with Gasteiger partial charge in [-0.05, 0) is 55.2 Å². The highest BCUT2D eigenvalue weighted by Crippen LogP contribution is 2.28. The van der Waals surface area contributed by atoms with Gasteiger partial charge in [-0.3, -0.25) is 0 Å². The van der Waals surface area contributed by atoms with E-state index in [1.165, 1.54) is 5.56 Å². The van der Waals surface area contributed by atoms with Gasteiger partial charge in [-0.25, -0.2) is 4.79 Å². The Labute approximate surface area is 163 Å². The summed E-state index contributed by atoms with van der Waals surface area (Å²) in [4.78, 5) is 11.9. The van der Waals surface area contributed by atoms with Crippen LogP contribution >= 0.6 is 15.9 Å². The molecule has 2 N–H and O–H groups in total. The molecule has 0 saturated heterocycles. The molecule has 0 aliphatic heterocycles. The molecule has 26 heavy (non-hydrogen) atoms. The summed E-state index contributed by atoms with van der Waals surface area (Å²) in [6.07, 6.45) is 1.53. The third-order valence-electron chi connectivity index (χ3n) is 3.84. The van der Waals surface area contributed by atoms with Crippen LogP contribution in [0.3, 0.4) is 0 Å². The SMILES string of the molecule is CCOc1ccc(CCNC(=O)NCCc2ccc(Br)cc2)cc1OC. The largest absolute Gasteiger partial charge is 0.493 e. The zero-order chi connectivity index (χ0) is 18.8. The molecule has 2 amide bonds. The second kappa shape index (κ2) is 10.7. The van der Waals surface area contributed by atoms with Gasteiger partial charge in [0.05, 0.1) is 13.7 Å². The van der Waals surface area contributed by atoms with E-state index in [2.05, 4.69) is 26.6 Å². The van der Waals surface area contributed by atoms with Crippen molar-refractivity contribution in [2.75, 3.05) is 26.8 Å². The van der Waals surface area contributed by atoms with Crippen molar-refractivity contribution in [3.63, 3.8) is 0 Å². The number of rotatable bonds is 9. The molecule has 0 saturated carbocycles. The molecule has 0 unspecified atom stereocenters. The van der Waals surface area contributed by atoms with Crippen LogP contribution in [0.4, 0.5) is 4.79 Å². The van der Waals surface area contributed by atoms with E-state index in [9.17, 15) is 4.79 Å². The van der Waals surface area contributed by atoms with Crippen LogP contribution in [-0.2, 0) is 12.8 Å². The highest BCUT2D eigenvalue weighted by molar-refractivity contribution is 9.10. The Morgan fingerprint density at radius 3 is 2.19 bits per heavy atom.